The average molecular weight is 474 g/mol. The van der Waals surface area contributed by atoms with Crippen molar-refractivity contribution >= 4 is 11.7 Å². The molecule has 2 aliphatic heterocycles. The minimum Gasteiger partial charge on any atom is -0.496 e. The summed E-state index contributed by atoms with van der Waals surface area (Å²) < 4.78 is 17.1. The second-order valence-corrected chi connectivity index (χ2v) is 8.92. The van der Waals surface area contributed by atoms with E-state index in [4.69, 9.17) is 14.2 Å². The van der Waals surface area contributed by atoms with E-state index < -0.39 is 0 Å². The van der Waals surface area contributed by atoms with Crippen molar-refractivity contribution in [3.8, 4) is 11.5 Å². The van der Waals surface area contributed by atoms with E-state index in [1.807, 2.05) is 13.0 Å². The monoisotopic (exact) mass is 473 g/mol. The Morgan fingerprint density at radius 1 is 1.09 bits per heavy atom. The number of nitrogens with zero attached hydrogens (tertiary/aromatic N) is 3. The Bertz CT molecular complexity index is 864. The topological polar surface area (TPSA) is 71.6 Å². The van der Waals surface area contributed by atoms with E-state index in [1.54, 1.807) is 11.0 Å². The Balaban J connectivity index is 1.63. The summed E-state index contributed by atoms with van der Waals surface area (Å²) in [6, 6.07) is 3.59. The molecule has 2 aliphatic rings. The lowest BCUT2D eigenvalue weighted by atomic mass is 10.0. The number of ketones is 1. The van der Waals surface area contributed by atoms with Gasteiger partial charge in [0.15, 0.2) is 5.78 Å². The predicted molar refractivity (Wildman–Crippen MR) is 132 cm³/mol. The van der Waals surface area contributed by atoms with Crippen LogP contribution in [0, 0.1) is 0 Å². The highest BCUT2D eigenvalue weighted by atomic mass is 16.5. The molecule has 0 spiro atoms. The molecule has 2 saturated heterocycles. The maximum atomic E-state index is 13.0. The number of hydrogen-bond acceptors (Lipinski definition) is 7. The minimum absolute atomic E-state index is 0.00647. The highest BCUT2D eigenvalue weighted by molar-refractivity contribution is 6.09. The van der Waals surface area contributed by atoms with Gasteiger partial charge in [0.1, 0.15) is 11.5 Å². The molecule has 2 fully saturated rings. The van der Waals surface area contributed by atoms with Gasteiger partial charge in [0, 0.05) is 58.0 Å². The van der Waals surface area contributed by atoms with Crippen LogP contribution in [0.3, 0.4) is 0 Å². The molecule has 8 heteroatoms. The molecule has 0 aliphatic carbocycles. The van der Waals surface area contributed by atoms with E-state index in [1.165, 1.54) is 19.3 Å². The number of carbonyl (C=O) groups is 2. The third-order valence-electron chi connectivity index (χ3n) is 6.35. The zero-order valence-corrected chi connectivity index (χ0v) is 21.0. The fraction of sp³-hybridized carbons (Fsp3) is 0.615. The number of morpholine rings is 1. The van der Waals surface area contributed by atoms with E-state index in [2.05, 4.69) is 23.8 Å². The van der Waals surface area contributed by atoms with Crippen LogP contribution in [0.4, 0.5) is 0 Å². The summed E-state index contributed by atoms with van der Waals surface area (Å²) >= 11 is 0. The Morgan fingerprint density at radius 2 is 1.85 bits per heavy atom. The van der Waals surface area contributed by atoms with Crippen molar-refractivity contribution in [3.63, 3.8) is 0 Å². The predicted octanol–water partition coefficient (Wildman–Crippen LogP) is 2.26. The highest BCUT2D eigenvalue weighted by Gasteiger charge is 2.26. The van der Waals surface area contributed by atoms with Gasteiger partial charge in [-0.25, -0.2) is 0 Å². The van der Waals surface area contributed by atoms with Crippen LogP contribution in [0.5, 0.6) is 11.5 Å². The Labute approximate surface area is 203 Å². The molecule has 1 amide bonds. The number of piperazine rings is 1. The van der Waals surface area contributed by atoms with Crippen LogP contribution in [-0.4, -0.2) is 106 Å². The molecule has 0 bridgehead atoms. The summed E-state index contributed by atoms with van der Waals surface area (Å²) in [5.41, 5.74) is 1.40. The molecule has 1 unspecified atom stereocenters. The number of likely N-dealkylation sites (N-methyl/N-ethyl adjacent to an activating group) is 1. The van der Waals surface area contributed by atoms with Gasteiger partial charge in [-0.1, -0.05) is 13.3 Å². The summed E-state index contributed by atoms with van der Waals surface area (Å²) in [5, 5.41) is 0. The van der Waals surface area contributed by atoms with Crippen molar-refractivity contribution in [2.24, 2.45) is 0 Å². The zero-order valence-electron chi connectivity index (χ0n) is 21.0. The molecule has 0 saturated carbocycles. The largest absolute Gasteiger partial charge is 0.496 e. The first kappa shape index (κ1) is 26.2. The average Bonchev–Trinajstić information content (AvgIpc) is 2.85. The standard InChI is InChI=1S/C26H39N3O5/c1-5-7-20-16-22(25(32-4)17-24(20)33-6-2)23(30)8-9-26(31)29-14-15-34-21(19-29)18-28-12-10-27(3)11-13-28/h8-9,16-17,21H,5-7,10-15,18-19H2,1-4H3. The second-order valence-electron chi connectivity index (χ2n) is 8.92. The quantitative estimate of drug-likeness (QED) is 0.381. The first-order chi connectivity index (χ1) is 16.4. The van der Waals surface area contributed by atoms with Crippen molar-refractivity contribution in [3.05, 3.63) is 35.4 Å². The number of amides is 1. The van der Waals surface area contributed by atoms with Crippen LogP contribution >= 0.6 is 0 Å². The third kappa shape index (κ3) is 7.04. The molecular weight excluding hydrogens is 434 g/mol. The third-order valence-corrected chi connectivity index (χ3v) is 6.35. The van der Waals surface area contributed by atoms with Gasteiger partial charge in [0.05, 0.1) is 32.0 Å². The van der Waals surface area contributed by atoms with Crippen LogP contribution < -0.4 is 9.47 Å². The molecule has 0 aromatic heterocycles. The number of rotatable bonds is 10. The van der Waals surface area contributed by atoms with Gasteiger partial charge in [0.2, 0.25) is 5.91 Å². The summed E-state index contributed by atoms with van der Waals surface area (Å²) in [7, 11) is 3.67. The first-order valence-corrected chi connectivity index (χ1v) is 12.3. The van der Waals surface area contributed by atoms with Crippen LogP contribution in [0.2, 0.25) is 0 Å². The van der Waals surface area contributed by atoms with Crippen LogP contribution in [0.15, 0.2) is 24.3 Å². The van der Waals surface area contributed by atoms with Gasteiger partial charge in [-0.15, -0.1) is 0 Å². The van der Waals surface area contributed by atoms with Crippen molar-refractivity contribution in [2.75, 3.05) is 73.2 Å². The molecule has 3 rings (SSSR count). The van der Waals surface area contributed by atoms with Crippen LogP contribution in [-0.2, 0) is 16.0 Å². The second kappa shape index (κ2) is 12.9. The maximum absolute atomic E-state index is 13.0. The van der Waals surface area contributed by atoms with Gasteiger partial charge < -0.3 is 24.0 Å². The summed E-state index contributed by atoms with van der Waals surface area (Å²) in [6.07, 6.45) is 4.44. The number of ether oxygens (including phenoxy) is 3. The van der Waals surface area contributed by atoms with Crippen molar-refractivity contribution in [1.82, 2.24) is 14.7 Å². The van der Waals surface area contributed by atoms with E-state index in [0.717, 1.165) is 56.9 Å². The van der Waals surface area contributed by atoms with Gasteiger partial charge in [-0.2, -0.15) is 0 Å². The van der Waals surface area contributed by atoms with Gasteiger partial charge in [0.25, 0.3) is 0 Å². The van der Waals surface area contributed by atoms with Crippen molar-refractivity contribution < 1.29 is 23.8 Å². The normalized spacial score (nSPS) is 20.0. The maximum Gasteiger partial charge on any atom is 0.246 e. The fourth-order valence-corrected chi connectivity index (χ4v) is 4.41. The van der Waals surface area contributed by atoms with E-state index in [0.29, 0.717) is 37.6 Å². The molecule has 0 N–H and O–H groups in total. The highest BCUT2D eigenvalue weighted by Crippen LogP contribution is 2.31. The van der Waals surface area contributed by atoms with E-state index >= 15 is 0 Å². The lowest BCUT2D eigenvalue weighted by Crippen LogP contribution is -2.52. The zero-order chi connectivity index (χ0) is 24.5. The number of methoxy groups -OCH3 is 1. The number of carbonyl (C=O) groups excluding carboxylic acids is 2. The lowest BCUT2D eigenvalue weighted by molar-refractivity contribution is -0.134. The van der Waals surface area contributed by atoms with Gasteiger partial charge in [-0.05, 0) is 38.1 Å². The molecule has 188 valence electrons. The SMILES string of the molecule is CCCc1cc(C(=O)C=CC(=O)N2CCOC(CN3CCN(C)CC3)C2)c(OC)cc1OCC. The molecule has 2 heterocycles. The fourth-order valence-electron chi connectivity index (χ4n) is 4.41. The number of hydrogen-bond donors (Lipinski definition) is 0. The number of allylic oxidation sites excluding steroid dienone is 1. The number of benzene rings is 1. The molecule has 1 atom stereocenters. The Hall–Kier alpha value is -2.42. The molecule has 1 aromatic rings. The van der Waals surface area contributed by atoms with Crippen molar-refractivity contribution in [1.29, 1.82) is 0 Å². The molecule has 34 heavy (non-hydrogen) atoms. The van der Waals surface area contributed by atoms with Crippen LogP contribution in [0.25, 0.3) is 0 Å². The summed E-state index contributed by atoms with van der Waals surface area (Å²) in [6.45, 7) is 11.1. The molecule has 0 radical (unpaired) electrons. The van der Waals surface area contributed by atoms with Gasteiger partial charge >= 0.3 is 0 Å². The van der Waals surface area contributed by atoms with Gasteiger partial charge in [-0.3, -0.25) is 14.5 Å². The smallest absolute Gasteiger partial charge is 0.246 e. The molecule has 8 nitrogen and oxygen atoms in total. The van der Waals surface area contributed by atoms with E-state index in [9.17, 15) is 9.59 Å². The van der Waals surface area contributed by atoms with Crippen molar-refractivity contribution in [2.45, 2.75) is 32.8 Å². The first-order valence-electron chi connectivity index (χ1n) is 12.3. The Kier molecular flexibility index (Phi) is 9.92. The minimum atomic E-state index is -0.257. The Morgan fingerprint density at radius 3 is 2.53 bits per heavy atom. The lowest BCUT2D eigenvalue weighted by Gasteiger charge is -2.38. The number of aryl methyl sites for hydroxylation is 1. The molecular formula is C26H39N3O5. The summed E-state index contributed by atoms with van der Waals surface area (Å²) in [5.74, 6) is 0.757. The summed E-state index contributed by atoms with van der Waals surface area (Å²) in [4.78, 5) is 32.3. The van der Waals surface area contributed by atoms with E-state index in [-0.39, 0.29) is 17.8 Å². The van der Waals surface area contributed by atoms with Crippen LogP contribution in [0.1, 0.15) is 36.2 Å². The molecule has 1 aromatic carbocycles.